The maximum Gasteiger partial charge on any atom is 0.323 e. The van der Waals surface area contributed by atoms with E-state index in [1.165, 1.54) is 18.2 Å². The van der Waals surface area contributed by atoms with Gasteiger partial charge in [-0.15, -0.1) is 0 Å². The van der Waals surface area contributed by atoms with Gasteiger partial charge in [-0.3, -0.25) is 14.4 Å². The molecule has 0 aromatic heterocycles. The lowest BCUT2D eigenvalue weighted by Gasteiger charge is -2.46. The summed E-state index contributed by atoms with van der Waals surface area (Å²) < 4.78 is 0. The van der Waals surface area contributed by atoms with Crippen molar-refractivity contribution in [2.24, 2.45) is 17.6 Å². The fraction of sp³-hybridized carbons (Fsp3) is 0.188. The van der Waals surface area contributed by atoms with Crippen LogP contribution in [0.1, 0.15) is 24.0 Å². The van der Waals surface area contributed by atoms with Crippen molar-refractivity contribution in [1.82, 2.24) is 0 Å². The zero-order valence-corrected chi connectivity index (χ0v) is 23.0. The molecule has 0 saturated heterocycles. The number of aliphatic hydroxyl groups is 3. The van der Waals surface area contributed by atoms with Crippen molar-refractivity contribution < 1.29 is 44.7 Å². The number of hydrogen-bond acceptors (Lipinski definition) is 9. The Morgan fingerprint density at radius 2 is 1.45 bits per heavy atom. The molecule has 3 aromatic rings. The first-order valence-electron chi connectivity index (χ1n) is 13.7. The second-order valence-electron chi connectivity index (χ2n) is 11.1. The van der Waals surface area contributed by atoms with Crippen LogP contribution in [0.15, 0.2) is 77.6 Å². The lowest BCUT2D eigenvalue weighted by molar-refractivity contribution is -0.147. The Kier molecular flexibility index (Phi) is 6.66. The van der Waals surface area contributed by atoms with Crippen molar-refractivity contribution in [2.75, 3.05) is 10.6 Å². The van der Waals surface area contributed by atoms with Gasteiger partial charge in [0.15, 0.2) is 11.4 Å². The quantitative estimate of drug-likeness (QED) is 0.163. The minimum atomic E-state index is -2.62. The molecule has 6 rings (SSSR count). The first-order valence-corrected chi connectivity index (χ1v) is 13.7. The van der Waals surface area contributed by atoms with Crippen LogP contribution < -0.4 is 16.4 Å². The number of carbonyl (C=O) groups excluding carboxylic acids is 4. The van der Waals surface area contributed by atoms with Crippen molar-refractivity contribution in [3.63, 3.8) is 0 Å². The van der Waals surface area contributed by atoms with E-state index in [1.807, 2.05) is 0 Å². The summed E-state index contributed by atoms with van der Waals surface area (Å²) in [6.45, 7) is 0. The molecule has 3 amide bonds. The zero-order valence-electron chi connectivity index (χ0n) is 23.0. The van der Waals surface area contributed by atoms with Crippen molar-refractivity contribution in [2.45, 2.75) is 24.9 Å². The smallest absolute Gasteiger partial charge is 0.323 e. The molecule has 0 radical (unpaired) electrons. The maximum absolute atomic E-state index is 13.7. The number of Topliss-reactive ketones (excluding diaryl/α,β-unsaturated/α-hetero) is 2. The molecule has 44 heavy (non-hydrogen) atoms. The zero-order chi connectivity index (χ0) is 31.5. The number of rotatable bonds is 4. The molecule has 224 valence electrons. The second-order valence-corrected chi connectivity index (χ2v) is 11.1. The van der Waals surface area contributed by atoms with Crippen LogP contribution in [0.4, 0.5) is 16.2 Å². The lowest BCUT2D eigenvalue weighted by Crippen LogP contribution is -2.58. The van der Waals surface area contributed by atoms with Gasteiger partial charge >= 0.3 is 6.03 Å². The average molecular weight is 598 g/mol. The Balaban J connectivity index is 1.32. The molecule has 0 spiro atoms. The van der Waals surface area contributed by atoms with Crippen molar-refractivity contribution in [1.29, 1.82) is 0 Å². The summed E-state index contributed by atoms with van der Waals surface area (Å²) in [6.07, 6.45) is -0.214. The number of phenolic OH excluding ortho intramolecular Hbond substituents is 2. The number of hydrogen-bond donors (Lipinski definition) is 8. The molecule has 3 atom stereocenters. The van der Waals surface area contributed by atoms with E-state index in [0.717, 1.165) is 0 Å². The normalized spacial score (nSPS) is 22.6. The topological polar surface area (TPSA) is 220 Å². The van der Waals surface area contributed by atoms with Gasteiger partial charge in [0.25, 0.3) is 5.91 Å². The maximum atomic E-state index is 13.7. The van der Waals surface area contributed by atoms with Crippen LogP contribution in [0.2, 0.25) is 0 Å². The molecular formula is C32H27N3O9. The van der Waals surface area contributed by atoms with Crippen molar-refractivity contribution in [3.05, 3.63) is 88.7 Å². The van der Waals surface area contributed by atoms with Crippen LogP contribution in [-0.2, 0) is 20.8 Å². The minimum Gasteiger partial charge on any atom is -0.508 e. The summed E-state index contributed by atoms with van der Waals surface area (Å²) in [7, 11) is 0. The average Bonchev–Trinajstić information content (AvgIpc) is 2.96. The Morgan fingerprint density at radius 1 is 0.841 bits per heavy atom. The van der Waals surface area contributed by atoms with E-state index in [-0.39, 0.29) is 35.5 Å². The fourth-order valence-corrected chi connectivity index (χ4v) is 6.46. The monoisotopic (exact) mass is 597 g/mol. The molecule has 3 aromatic carbocycles. The highest BCUT2D eigenvalue weighted by Gasteiger charge is 2.60. The van der Waals surface area contributed by atoms with Crippen LogP contribution in [0, 0.1) is 11.8 Å². The highest BCUT2D eigenvalue weighted by atomic mass is 16.3. The van der Waals surface area contributed by atoms with Gasteiger partial charge in [0, 0.05) is 29.3 Å². The Bertz CT molecular complexity index is 1830. The van der Waals surface area contributed by atoms with Gasteiger partial charge < -0.3 is 41.9 Å². The molecule has 12 heteroatoms. The van der Waals surface area contributed by atoms with E-state index in [4.69, 9.17) is 5.73 Å². The number of nitrogens with two attached hydrogens (primary N) is 1. The number of primary amides is 1. The molecular weight excluding hydrogens is 570 g/mol. The number of nitrogens with one attached hydrogen (secondary N) is 2. The molecule has 0 heterocycles. The van der Waals surface area contributed by atoms with Gasteiger partial charge in [0.05, 0.1) is 5.56 Å². The predicted octanol–water partition coefficient (Wildman–Crippen LogP) is 3.44. The summed E-state index contributed by atoms with van der Waals surface area (Å²) in [4.78, 5) is 50.5. The van der Waals surface area contributed by atoms with Crippen molar-refractivity contribution >= 4 is 40.6 Å². The number of carbonyl (C=O) groups is 4. The van der Waals surface area contributed by atoms with Crippen LogP contribution >= 0.6 is 0 Å². The van der Waals surface area contributed by atoms with Gasteiger partial charge in [0.1, 0.15) is 28.6 Å². The summed E-state index contributed by atoms with van der Waals surface area (Å²) in [5.74, 6) is -6.78. The second kappa shape index (κ2) is 10.3. The molecule has 1 fully saturated rings. The van der Waals surface area contributed by atoms with Crippen LogP contribution in [-0.4, -0.2) is 54.6 Å². The number of fused-ring (bicyclic) bond motifs is 3. The summed E-state index contributed by atoms with van der Waals surface area (Å²) in [5.41, 5.74) is 4.34. The van der Waals surface area contributed by atoms with Gasteiger partial charge in [-0.05, 0) is 77.9 Å². The largest absolute Gasteiger partial charge is 0.508 e. The summed E-state index contributed by atoms with van der Waals surface area (Å²) in [5, 5.41) is 58.9. The third kappa shape index (κ3) is 4.43. The van der Waals surface area contributed by atoms with Gasteiger partial charge in [-0.25, -0.2) is 4.79 Å². The molecule has 3 aliphatic carbocycles. The SMILES string of the molecule is NC(=O)C1=C(O)[C@@]2(O)C(=O)C3=C(O)c4c(O)ccc(-c5ccc(NC(=O)Nc6ccc(O)cc6)cc5)c4C[C@H]3C[C@H]2CC1=O. The molecule has 0 bridgehead atoms. The lowest BCUT2D eigenvalue weighted by atomic mass is 9.59. The first-order chi connectivity index (χ1) is 20.9. The molecule has 0 unspecified atom stereocenters. The van der Waals surface area contributed by atoms with Crippen LogP contribution in [0.3, 0.4) is 0 Å². The van der Waals surface area contributed by atoms with Gasteiger partial charge in [-0.1, -0.05) is 18.2 Å². The number of anilines is 2. The van der Waals surface area contributed by atoms with E-state index in [0.29, 0.717) is 28.1 Å². The highest BCUT2D eigenvalue weighted by molar-refractivity contribution is 6.22. The fourth-order valence-electron chi connectivity index (χ4n) is 6.46. The Morgan fingerprint density at radius 3 is 2.07 bits per heavy atom. The third-order valence-corrected chi connectivity index (χ3v) is 8.53. The number of phenols is 2. The minimum absolute atomic E-state index is 0.00916. The van der Waals surface area contributed by atoms with E-state index in [2.05, 4.69) is 10.6 Å². The Hall–Kier alpha value is -5.62. The number of aliphatic hydroxyl groups excluding tert-OH is 2. The number of benzene rings is 3. The molecule has 3 aliphatic rings. The third-order valence-electron chi connectivity index (χ3n) is 8.53. The van der Waals surface area contributed by atoms with Crippen molar-refractivity contribution in [3.8, 4) is 22.6 Å². The van der Waals surface area contributed by atoms with E-state index < -0.39 is 64.5 Å². The van der Waals surface area contributed by atoms with E-state index in [1.54, 1.807) is 42.5 Å². The van der Waals surface area contributed by atoms with Gasteiger partial charge in [-0.2, -0.15) is 0 Å². The molecule has 1 saturated carbocycles. The van der Waals surface area contributed by atoms with E-state index >= 15 is 0 Å². The summed E-state index contributed by atoms with van der Waals surface area (Å²) >= 11 is 0. The number of amides is 3. The first kappa shape index (κ1) is 28.5. The standard InChI is InChI=1S/C32H27N3O9/c33-30(42)26-23(38)13-16-11-15-12-21-20(9-10-22(37)25(21)27(39)24(15)28(40)32(16,44)29(26)41)14-1-3-17(4-2-14)34-31(43)35-18-5-7-19(36)8-6-18/h1-10,15-16,36-37,39,41,44H,11-13H2,(H2,33,42)(H2,34,35,43)/t15-,16+,32+/m1/s1. The van der Waals surface area contributed by atoms with Crippen LogP contribution in [0.25, 0.3) is 16.9 Å². The van der Waals surface area contributed by atoms with E-state index in [9.17, 15) is 44.7 Å². The Labute approximate surface area is 249 Å². The number of aromatic hydroxyl groups is 2. The molecule has 12 nitrogen and oxygen atoms in total. The predicted molar refractivity (Wildman–Crippen MR) is 158 cm³/mol. The molecule has 0 aliphatic heterocycles. The summed E-state index contributed by atoms with van der Waals surface area (Å²) in [6, 6.07) is 15.3. The number of urea groups is 1. The van der Waals surface area contributed by atoms with Crippen LogP contribution in [0.5, 0.6) is 11.5 Å². The molecule has 9 N–H and O–H groups in total. The highest BCUT2D eigenvalue weighted by Crippen LogP contribution is 2.53. The van der Waals surface area contributed by atoms with Gasteiger partial charge in [0.2, 0.25) is 5.78 Å². The number of ketones is 2.